The van der Waals surface area contributed by atoms with Crippen LogP contribution >= 0.6 is 0 Å². The van der Waals surface area contributed by atoms with Gasteiger partial charge in [-0.25, -0.2) is 4.79 Å². The van der Waals surface area contributed by atoms with Crippen LogP contribution in [0.15, 0.2) is 66.7 Å². The molecule has 0 unspecified atom stereocenters. The van der Waals surface area contributed by atoms with Crippen LogP contribution in [-0.2, 0) is 11.2 Å². The largest absolute Gasteiger partial charge is 0.478 e. The lowest BCUT2D eigenvalue weighted by Crippen LogP contribution is -1.89. The van der Waals surface area contributed by atoms with Gasteiger partial charge in [-0.1, -0.05) is 36.4 Å². The summed E-state index contributed by atoms with van der Waals surface area (Å²) >= 11 is 0. The number of aliphatic carboxylic acids is 1. The van der Waals surface area contributed by atoms with Gasteiger partial charge in [-0.05, 0) is 36.2 Å². The fourth-order valence-electron chi connectivity index (χ4n) is 1.66. The number of carboxylic acid groups (broad SMARTS) is 1. The minimum absolute atomic E-state index is 0.568. The minimum atomic E-state index is -0.934. The van der Waals surface area contributed by atoms with E-state index in [9.17, 15) is 4.79 Å². The molecule has 0 spiro atoms. The third-order valence-corrected chi connectivity index (χ3v) is 2.49. The Kier molecular flexibility index (Phi) is 4.34. The van der Waals surface area contributed by atoms with Crippen LogP contribution in [-0.4, -0.2) is 11.1 Å². The lowest BCUT2D eigenvalue weighted by atomic mass is 10.1. The van der Waals surface area contributed by atoms with Crippen molar-refractivity contribution in [1.29, 1.82) is 0 Å². The second-order valence-electron chi connectivity index (χ2n) is 4.01. The highest BCUT2D eigenvalue weighted by Gasteiger charge is 1.98. The minimum Gasteiger partial charge on any atom is -0.478 e. The molecule has 1 N–H and O–H groups in total. The smallest absolute Gasteiger partial charge is 0.327 e. The van der Waals surface area contributed by atoms with Crippen LogP contribution in [0.1, 0.15) is 5.56 Å². The molecule has 0 amide bonds. The fraction of sp³-hybridized carbons (Fsp3) is 0.0625. The molecule has 0 aliphatic rings. The fourth-order valence-corrected chi connectivity index (χ4v) is 1.66. The number of hydrogen-bond donors (Lipinski definition) is 1. The summed E-state index contributed by atoms with van der Waals surface area (Å²) in [5.41, 5.74) is 1.01. The van der Waals surface area contributed by atoms with Crippen LogP contribution in [0.5, 0.6) is 11.5 Å². The molecule has 0 aromatic heterocycles. The van der Waals surface area contributed by atoms with Gasteiger partial charge in [0.05, 0.1) is 0 Å². The quantitative estimate of drug-likeness (QED) is 0.828. The normalized spacial score (nSPS) is 10.5. The second-order valence-corrected chi connectivity index (χ2v) is 4.01. The molecule has 0 saturated heterocycles. The molecule has 96 valence electrons. The number of rotatable bonds is 5. The van der Waals surface area contributed by atoms with Crippen molar-refractivity contribution in [2.24, 2.45) is 0 Å². The Labute approximate surface area is 111 Å². The first-order valence-electron chi connectivity index (χ1n) is 5.95. The topological polar surface area (TPSA) is 46.5 Å². The summed E-state index contributed by atoms with van der Waals surface area (Å²) in [6, 6.07) is 17.1. The monoisotopic (exact) mass is 254 g/mol. The highest BCUT2D eigenvalue weighted by Crippen LogP contribution is 2.21. The van der Waals surface area contributed by atoms with E-state index in [4.69, 9.17) is 9.84 Å². The number of carbonyl (C=O) groups is 1. The first-order valence-corrected chi connectivity index (χ1v) is 5.95. The zero-order chi connectivity index (χ0) is 13.5. The van der Waals surface area contributed by atoms with E-state index in [2.05, 4.69) is 0 Å². The molecule has 2 rings (SSSR count). The average Bonchev–Trinajstić information content (AvgIpc) is 2.40. The molecule has 0 saturated carbocycles. The van der Waals surface area contributed by atoms with E-state index in [1.165, 1.54) is 0 Å². The molecule has 0 aliphatic heterocycles. The van der Waals surface area contributed by atoms with Crippen molar-refractivity contribution in [2.45, 2.75) is 6.42 Å². The Morgan fingerprint density at radius 3 is 2.53 bits per heavy atom. The van der Waals surface area contributed by atoms with Crippen molar-refractivity contribution in [1.82, 2.24) is 0 Å². The van der Waals surface area contributed by atoms with E-state index in [-0.39, 0.29) is 0 Å². The zero-order valence-corrected chi connectivity index (χ0v) is 10.3. The predicted molar refractivity (Wildman–Crippen MR) is 73.4 cm³/mol. The first-order chi connectivity index (χ1) is 9.24. The number of benzene rings is 2. The molecule has 3 nitrogen and oxygen atoms in total. The number of hydrogen-bond acceptors (Lipinski definition) is 2. The number of para-hydroxylation sites is 1. The summed E-state index contributed by atoms with van der Waals surface area (Å²) in [6.45, 7) is 0. The summed E-state index contributed by atoms with van der Waals surface area (Å²) in [5.74, 6) is 0.588. The van der Waals surface area contributed by atoms with Crippen molar-refractivity contribution < 1.29 is 14.6 Å². The second kappa shape index (κ2) is 6.40. The summed E-state index contributed by atoms with van der Waals surface area (Å²) in [6.07, 6.45) is 3.33. The SMILES string of the molecule is O=C(O)/C=C/Cc1cccc(Oc2ccccc2)c1. The maximum Gasteiger partial charge on any atom is 0.327 e. The third kappa shape index (κ3) is 4.32. The Morgan fingerprint density at radius 2 is 1.79 bits per heavy atom. The summed E-state index contributed by atoms with van der Waals surface area (Å²) < 4.78 is 5.71. The highest BCUT2D eigenvalue weighted by molar-refractivity contribution is 5.79. The van der Waals surface area contributed by atoms with Crippen molar-refractivity contribution in [2.75, 3.05) is 0 Å². The molecular weight excluding hydrogens is 240 g/mol. The molecule has 3 heteroatoms. The van der Waals surface area contributed by atoms with Gasteiger partial charge in [-0.3, -0.25) is 0 Å². The van der Waals surface area contributed by atoms with Crippen molar-refractivity contribution in [3.63, 3.8) is 0 Å². The first kappa shape index (κ1) is 12.9. The van der Waals surface area contributed by atoms with Gasteiger partial charge >= 0.3 is 5.97 Å². The van der Waals surface area contributed by atoms with Gasteiger partial charge in [0, 0.05) is 6.08 Å². The summed E-state index contributed by atoms with van der Waals surface area (Å²) in [4.78, 5) is 10.4. The van der Waals surface area contributed by atoms with E-state index in [1.807, 2.05) is 54.6 Å². The van der Waals surface area contributed by atoms with E-state index in [1.54, 1.807) is 6.08 Å². The van der Waals surface area contributed by atoms with Crippen molar-refractivity contribution in [3.8, 4) is 11.5 Å². The van der Waals surface area contributed by atoms with E-state index >= 15 is 0 Å². The van der Waals surface area contributed by atoms with Crippen LogP contribution in [0.4, 0.5) is 0 Å². The molecule has 0 fully saturated rings. The van der Waals surface area contributed by atoms with Crippen LogP contribution in [0.25, 0.3) is 0 Å². The van der Waals surface area contributed by atoms with E-state index < -0.39 is 5.97 Å². The van der Waals surface area contributed by atoms with Crippen LogP contribution in [0, 0.1) is 0 Å². The molecular formula is C16H14O3. The van der Waals surface area contributed by atoms with Gasteiger partial charge in [0.2, 0.25) is 0 Å². The Hall–Kier alpha value is -2.55. The standard InChI is InChI=1S/C16H14O3/c17-16(18)11-5-7-13-6-4-10-15(12-13)19-14-8-2-1-3-9-14/h1-6,8-12H,7H2,(H,17,18)/b11-5+. The maximum absolute atomic E-state index is 10.4. The summed E-state index contributed by atoms with van der Waals surface area (Å²) in [5, 5.41) is 8.53. The molecule has 0 aliphatic carbocycles. The van der Waals surface area contributed by atoms with E-state index in [0.717, 1.165) is 23.1 Å². The van der Waals surface area contributed by atoms with Crippen LogP contribution in [0.3, 0.4) is 0 Å². The van der Waals surface area contributed by atoms with Gasteiger partial charge in [-0.15, -0.1) is 0 Å². The summed E-state index contributed by atoms with van der Waals surface area (Å²) in [7, 11) is 0. The zero-order valence-electron chi connectivity index (χ0n) is 10.3. The lowest BCUT2D eigenvalue weighted by Gasteiger charge is -2.06. The van der Waals surface area contributed by atoms with Crippen molar-refractivity contribution in [3.05, 3.63) is 72.3 Å². The predicted octanol–water partition coefficient (Wildman–Crippen LogP) is 3.66. The van der Waals surface area contributed by atoms with Gasteiger partial charge in [-0.2, -0.15) is 0 Å². The molecule has 2 aromatic rings. The number of ether oxygens (including phenoxy) is 1. The van der Waals surface area contributed by atoms with Crippen LogP contribution in [0.2, 0.25) is 0 Å². The van der Waals surface area contributed by atoms with Gasteiger partial charge in [0.25, 0.3) is 0 Å². The molecule has 0 atom stereocenters. The third-order valence-electron chi connectivity index (χ3n) is 2.49. The molecule has 0 bridgehead atoms. The molecule has 0 radical (unpaired) electrons. The van der Waals surface area contributed by atoms with Gasteiger partial charge < -0.3 is 9.84 Å². The highest BCUT2D eigenvalue weighted by atomic mass is 16.5. The Balaban J connectivity index is 2.05. The molecule has 0 heterocycles. The Morgan fingerprint density at radius 1 is 1.05 bits per heavy atom. The lowest BCUT2D eigenvalue weighted by molar-refractivity contribution is -0.131. The maximum atomic E-state index is 10.4. The van der Waals surface area contributed by atoms with E-state index in [0.29, 0.717) is 6.42 Å². The Bertz CT molecular complexity index is 574. The number of allylic oxidation sites excluding steroid dienone is 1. The average molecular weight is 254 g/mol. The van der Waals surface area contributed by atoms with Gasteiger partial charge in [0.15, 0.2) is 0 Å². The number of carboxylic acids is 1. The van der Waals surface area contributed by atoms with Crippen molar-refractivity contribution >= 4 is 5.97 Å². The molecule has 2 aromatic carbocycles. The van der Waals surface area contributed by atoms with Crippen LogP contribution < -0.4 is 4.74 Å². The van der Waals surface area contributed by atoms with Gasteiger partial charge in [0.1, 0.15) is 11.5 Å². The molecule has 19 heavy (non-hydrogen) atoms.